The summed E-state index contributed by atoms with van der Waals surface area (Å²) in [7, 11) is 0. The summed E-state index contributed by atoms with van der Waals surface area (Å²) in [5, 5.41) is 6.02. The van der Waals surface area contributed by atoms with Crippen molar-refractivity contribution in [1.82, 2.24) is 15.2 Å². The fraction of sp³-hybridized carbons (Fsp3) is 0.480. The Bertz CT molecular complexity index is 1040. The zero-order valence-electron chi connectivity index (χ0n) is 19.6. The molecule has 2 saturated heterocycles. The zero-order valence-corrected chi connectivity index (χ0v) is 19.6. The van der Waals surface area contributed by atoms with Crippen molar-refractivity contribution >= 4 is 23.4 Å². The van der Waals surface area contributed by atoms with Gasteiger partial charge in [-0.3, -0.25) is 4.79 Å². The third kappa shape index (κ3) is 6.43. The number of urea groups is 1. The van der Waals surface area contributed by atoms with E-state index in [1.54, 1.807) is 4.90 Å². The van der Waals surface area contributed by atoms with Crippen LogP contribution in [0.4, 0.5) is 29.5 Å². The predicted octanol–water partition coefficient (Wildman–Crippen LogP) is 4.44. The maximum Gasteiger partial charge on any atom is 0.417 e. The van der Waals surface area contributed by atoms with Crippen LogP contribution in [0, 0.1) is 12.8 Å². The van der Waals surface area contributed by atoms with Gasteiger partial charge in [0.15, 0.2) is 0 Å². The molecule has 1 unspecified atom stereocenters. The van der Waals surface area contributed by atoms with Gasteiger partial charge in [0.1, 0.15) is 5.82 Å². The third-order valence-corrected chi connectivity index (χ3v) is 6.59. The fourth-order valence-corrected chi connectivity index (χ4v) is 4.61. The molecule has 188 valence electrons. The summed E-state index contributed by atoms with van der Waals surface area (Å²) in [6, 6.07) is 9.80. The molecule has 0 radical (unpaired) electrons. The van der Waals surface area contributed by atoms with E-state index in [-0.39, 0.29) is 23.9 Å². The highest BCUT2D eigenvalue weighted by atomic mass is 19.4. The van der Waals surface area contributed by atoms with Gasteiger partial charge in [-0.05, 0) is 62.4 Å². The minimum absolute atomic E-state index is 0.00954. The number of hydrogen-bond donors (Lipinski definition) is 2. The summed E-state index contributed by atoms with van der Waals surface area (Å²) < 4.78 is 38.3. The second-order valence-electron chi connectivity index (χ2n) is 9.26. The molecule has 2 aliphatic rings. The highest BCUT2D eigenvalue weighted by Crippen LogP contribution is 2.30. The number of likely N-dealkylation sites (tertiary alicyclic amines) is 1. The molecule has 2 N–H and O–H groups in total. The van der Waals surface area contributed by atoms with Crippen LogP contribution in [0.5, 0.6) is 0 Å². The molecule has 3 amide bonds. The lowest BCUT2D eigenvalue weighted by Gasteiger charge is -2.36. The molecule has 7 nitrogen and oxygen atoms in total. The molecule has 1 atom stereocenters. The normalized spacial score (nSPS) is 19.4. The number of anilines is 2. The van der Waals surface area contributed by atoms with Crippen LogP contribution >= 0.6 is 0 Å². The first-order valence-corrected chi connectivity index (χ1v) is 11.9. The van der Waals surface area contributed by atoms with E-state index in [0.717, 1.165) is 36.4 Å². The highest BCUT2D eigenvalue weighted by molar-refractivity contribution is 5.90. The molecule has 3 heterocycles. The number of carbonyl (C=O) groups is 2. The quantitative estimate of drug-likeness (QED) is 0.666. The molecule has 4 rings (SSSR count). The number of hydrogen-bond acceptors (Lipinski definition) is 4. The van der Waals surface area contributed by atoms with E-state index in [1.807, 2.05) is 36.1 Å². The number of piperidine rings is 2. The molecular formula is C25H30F3N5O2. The molecule has 2 fully saturated rings. The largest absolute Gasteiger partial charge is 0.417 e. The number of aryl methyl sites for hydroxylation is 1. The third-order valence-electron chi connectivity index (χ3n) is 6.59. The van der Waals surface area contributed by atoms with Crippen LogP contribution < -0.4 is 15.5 Å². The van der Waals surface area contributed by atoms with Crippen LogP contribution in [-0.4, -0.2) is 54.0 Å². The number of alkyl halides is 3. The summed E-state index contributed by atoms with van der Waals surface area (Å²) >= 11 is 0. The fourth-order valence-electron chi connectivity index (χ4n) is 4.61. The Morgan fingerprint density at radius 3 is 2.49 bits per heavy atom. The Morgan fingerprint density at radius 1 is 1.06 bits per heavy atom. The molecule has 0 spiro atoms. The van der Waals surface area contributed by atoms with Crippen molar-refractivity contribution in [2.45, 2.75) is 44.8 Å². The molecular weight excluding hydrogens is 459 g/mol. The van der Waals surface area contributed by atoms with Crippen LogP contribution in [0.25, 0.3) is 0 Å². The van der Waals surface area contributed by atoms with Gasteiger partial charge in [0.25, 0.3) is 0 Å². The Kier molecular flexibility index (Phi) is 7.47. The summed E-state index contributed by atoms with van der Waals surface area (Å²) in [5.74, 6) is 0.191. The van der Waals surface area contributed by atoms with Gasteiger partial charge in [-0.2, -0.15) is 13.2 Å². The van der Waals surface area contributed by atoms with E-state index in [0.29, 0.717) is 44.8 Å². The van der Waals surface area contributed by atoms with Gasteiger partial charge in [-0.1, -0.05) is 12.1 Å². The molecule has 1 aromatic carbocycles. The number of aromatic nitrogens is 1. The molecule has 0 aliphatic carbocycles. The molecule has 2 aliphatic heterocycles. The van der Waals surface area contributed by atoms with Crippen LogP contribution in [0.15, 0.2) is 42.6 Å². The number of benzene rings is 1. The van der Waals surface area contributed by atoms with Crippen molar-refractivity contribution in [3.8, 4) is 0 Å². The Hall–Kier alpha value is -3.30. The Labute approximate surface area is 202 Å². The van der Waals surface area contributed by atoms with E-state index in [4.69, 9.17) is 0 Å². The van der Waals surface area contributed by atoms with Gasteiger partial charge in [0, 0.05) is 44.1 Å². The average molecular weight is 490 g/mol. The second kappa shape index (κ2) is 10.5. The molecule has 0 bridgehead atoms. The lowest BCUT2D eigenvalue weighted by Crippen LogP contribution is -2.50. The maximum atomic E-state index is 12.9. The number of carbonyl (C=O) groups excluding carboxylic acids is 2. The topological polar surface area (TPSA) is 77.6 Å². The number of nitrogens with one attached hydrogen (secondary N) is 2. The van der Waals surface area contributed by atoms with Crippen LogP contribution in [0.1, 0.15) is 36.8 Å². The SMILES string of the molecule is Cc1cccc(NC(=O)N2CCCC(C(=O)NC3CCN(c4ccc(C(F)(F)F)cn4)CC3)C2)c1. The van der Waals surface area contributed by atoms with Gasteiger partial charge < -0.3 is 20.4 Å². The van der Waals surface area contributed by atoms with Crippen LogP contribution in [0.3, 0.4) is 0 Å². The van der Waals surface area contributed by atoms with E-state index >= 15 is 0 Å². The van der Waals surface area contributed by atoms with Gasteiger partial charge in [0.2, 0.25) is 5.91 Å². The molecule has 1 aromatic heterocycles. The zero-order chi connectivity index (χ0) is 25.0. The monoisotopic (exact) mass is 489 g/mol. The standard InChI is InChI=1S/C25H30F3N5O2/c1-17-4-2-6-21(14-17)31-24(35)33-11-3-5-18(16-33)23(34)30-20-9-12-32(13-10-20)22-8-7-19(15-29-22)25(26,27)28/h2,4,6-8,14-15,18,20H,3,5,9-13,16H2,1H3,(H,30,34)(H,31,35). The first kappa shape index (κ1) is 24.8. The Morgan fingerprint density at radius 2 is 1.83 bits per heavy atom. The molecule has 0 saturated carbocycles. The highest BCUT2D eigenvalue weighted by Gasteiger charge is 2.32. The minimum atomic E-state index is -4.40. The Balaban J connectivity index is 1.25. The second-order valence-corrected chi connectivity index (χ2v) is 9.26. The van der Waals surface area contributed by atoms with Gasteiger partial charge in [0.05, 0.1) is 11.5 Å². The van der Waals surface area contributed by atoms with Gasteiger partial charge in [-0.25, -0.2) is 9.78 Å². The molecule has 10 heteroatoms. The summed E-state index contributed by atoms with van der Waals surface area (Å²) in [6.07, 6.45) is -0.699. The lowest BCUT2D eigenvalue weighted by atomic mass is 9.96. The van der Waals surface area contributed by atoms with Crippen LogP contribution in [-0.2, 0) is 11.0 Å². The smallest absolute Gasteiger partial charge is 0.356 e. The number of pyridine rings is 1. The number of halogens is 3. The minimum Gasteiger partial charge on any atom is -0.356 e. The van der Waals surface area contributed by atoms with E-state index in [1.165, 1.54) is 6.07 Å². The summed E-state index contributed by atoms with van der Waals surface area (Å²) in [5.41, 5.74) is 1.02. The van der Waals surface area contributed by atoms with Crippen molar-refractivity contribution in [3.05, 3.63) is 53.7 Å². The predicted molar refractivity (Wildman–Crippen MR) is 127 cm³/mol. The van der Waals surface area contributed by atoms with E-state index in [2.05, 4.69) is 15.6 Å². The molecule has 2 aromatic rings. The first-order chi connectivity index (χ1) is 16.7. The van der Waals surface area contributed by atoms with Crippen molar-refractivity contribution in [1.29, 1.82) is 0 Å². The summed E-state index contributed by atoms with van der Waals surface area (Å²) in [4.78, 5) is 33.2. The summed E-state index contributed by atoms with van der Waals surface area (Å²) in [6.45, 7) is 4.14. The lowest BCUT2D eigenvalue weighted by molar-refractivity contribution is -0.137. The van der Waals surface area contributed by atoms with Gasteiger partial charge >= 0.3 is 12.2 Å². The number of amides is 3. The first-order valence-electron chi connectivity index (χ1n) is 11.9. The van der Waals surface area contributed by atoms with Crippen molar-refractivity contribution in [2.24, 2.45) is 5.92 Å². The van der Waals surface area contributed by atoms with E-state index in [9.17, 15) is 22.8 Å². The number of nitrogens with zero attached hydrogens (tertiary/aromatic N) is 3. The number of rotatable bonds is 4. The van der Waals surface area contributed by atoms with E-state index < -0.39 is 11.7 Å². The van der Waals surface area contributed by atoms with Crippen molar-refractivity contribution in [2.75, 3.05) is 36.4 Å². The average Bonchev–Trinajstić information content (AvgIpc) is 2.84. The van der Waals surface area contributed by atoms with Gasteiger partial charge in [-0.15, -0.1) is 0 Å². The van der Waals surface area contributed by atoms with Crippen molar-refractivity contribution < 1.29 is 22.8 Å². The van der Waals surface area contributed by atoms with Crippen molar-refractivity contribution in [3.63, 3.8) is 0 Å². The van der Waals surface area contributed by atoms with Crippen LogP contribution in [0.2, 0.25) is 0 Å². The molecule has 35 heavy (non-hydrogen) atoms. The maximum absolute atomic E-state index is 12.9.